The average Bonchev–Trinajstić information content (AvgIpc) is 2.74. The summed E-state index contributed by atoms with van der Waals surface area (Å²) >= 11 is 1.33. The SMILES string of the molecule is CNS(=O)(=O)CCNc1nc(CCC(=O)O)cs1. The average molecular weight is 293 g/mol. The fourth-order valence-electron chi connectivity index (χ4n) is 1.13. The Labute approximate surface area is 109 Å². The van der Waals surface area contributed by atoms with E-state index in [0.29, 0.717) is 17.2 Å². The van der Waals surface area contributed by atoms with Crippen molar-refractivity contribution in [2.24, 2.45) is 0 Å². The third-order valence-corrected chi connectivity index (χ3v) is 4.32. The Bertz CT molecular complexity index is 498. The lowest BCUT2D eigenvalue weighted by molar-refractivity contribution is -0.136. The number of hydrogen-bond donors (Lipinski definition) is 3. The van der Waals surface area contributed by atoms with Gasteiger partial charge < -0.3 is 10.4 Å². The van der Waals surface area contributed by atoms with Crippen LogP contribution in [0.5, 0.6) is 0 Å². The van der Waals surface area contributed by atoms with Crippen LogP contribution in [0.2, 0.25) is 0 Å². The smallest absolute Gasteiger partial charge is 0.303 e. The molecule has 0 radical (unpaired) electrons. The minimum absolute atomic E-state index is 0.0342. The van der Waals surface area contributed by atoms with Crippen molar-refractivity contribution in [1.29, 1.82) is 0 Å². The van der Waals surface area contributed by atoms with Crippen molar-refractivity contribution in [1.82, 2.24) is 9.71 Å². The molecule has 0 amide bonds. The number of nitrogens with zero attached hydrogens (tertiary/aromatic N) is 1. The van der Waals surface area contributed by atoms with Crippen molar-refractivity contribution in [2.75, 3.05) is 24.7 Å². The lowest BCUT2D eigenvalue weighted by Crippen LogP contribution is -2.26. The first-order chi connectivity index (χ1) is 8.43. The summed E-state index contributed by atoms with van der Waals surface area (Å²) in [5.74, 6) is -0.897. The molecule has 0 aliphatic rings. The standard InChI is InChI=1S/C9H15N3O4S2/c1-10-18(15,16)5-4-11-9-12-7(6-17-9)2-3-8(13)14/h6,10H,2-5H2,1H3,(H,11,12)(H,13,14). The van der Waals surface area contributed by atoms with Gasteiger partial charge in [0.05, 0.1) is 17.9 Å². The highest BCUT2D eigenvalue weighted by atomic mass is 32.2. The molecular weight excluding hydrogens is 278 g/mol. The predicted octanol–water partition coefficient (Wildman–Crippen LogP) is 0.121. The van der Waals surface area contributed by atoms with Gasteiger partial charge in [-0.25, -0.2) is 18.1 Å². The van der Waals surface area contributed by atoms with Crippen molar-refractivity contribution >= 4 is 32.5 Å². The van der Waals surface area contributed by atoms with Crippen LogP contribution < -0.4 is 10.0 Å². The maximum Gasteiger partial charge on any atom is 0.303 e. The quantitative estimate of drug-likeness (QED) is 0.628. The molecule has 9 heteroatoms. The van der Waals surface area contributed by atoms with Gasteiger partial charge in [0, 0.05) is 18.3 Å². The van der Waals surface area contributed by atoms with Gasteiger partial charge in [-0.15, -0.1) is 11.3 Å². The van der Waals surface area contributed by atoms with Crippen molar-refractivity contribution < 1.29 is 18.3 Å². The van der Waals surface area contributed by atoms with Gasteiger partial charge in [0.15, 0.2) is 5.13 Å². The number of aromatic nitrogens is 1. The van der Waals surface area contributed by atoms with Crippen molar-refractivity contribution in [3.63, 3.8) is 0 Å². The van der Waals surface area contributed by atoms with E-state index in [4.69, 9.17) is 5.11 Å². The lowest BCUT2D eigenvalue weighted by Gasteiger charge is -2.02. The number of carboxylic acid groups (broad SMARTS) is 1. The molecule has 0 fully saturated rings. The van der Waals surface area contributed by atoms with Crippen LogP contribution in [0.1, 0.15) is 12.1 Å². The molecule has 0 spiro atoms. The molecule has 0 saturated heterocycles. The first-order valence-electron chi connectivity index (χ1n) is 5.24. The van der Waals surface area contributed by atoms with E-state index in [1.807, 2.05) is 0 Å². The number of aliphatic carboxylic acids is 1. The molecule has 1 heterocycles. The second-order valence-corrected chi connectivity index (χ2v) is 6.39. The van der Waals surface area contributed by atoms with E-state index in [2.05, 4.69) is 15.0 Å². The number of nitrogens with one attached hydrogen (secondary N) is 2. The van der Waals surface area contributed by atoms with Gasteiger partial charge in [-0.2, -0.15) is 0 Å². The summed E-state index contributed by atoms with van der Waals surface area (Å²) in [5.41, 5.74) is 0.696. The fraction of sp³-hybridized carbons (Fsp3) is 0.556. The molecular formula is C9H15N3O4S2. The molecule has 0 aliphatic carbocycles. The first-order valence-corrected chi connectivity index (χ1v) is 7.77. The summed E-state index contributed by atoms with van der Waals surface area (Å²) < 4.78 is 24.5. The fourth-order valence-corrected chi connectivity index (χ4v) is 2.48. The first kappa shape index (κ1) is 14.9. The van der Waals surface area contributed by atoms with E-state index < -0.39 is 16.0 Å². The Morgan fingerprint density at radius 3 is 2.89 bits per heavy atom. The van der Waals surface area contributed by atoms with Crippen molar-refractivity contribution in [3.05, 3.63) is 11.1 Å². The van der Waals surface area contributed by atoms with Crippen LogP contribution in [0.4, 0.5) is 5.13 Å². The van der Waals surface area contributed by atoms with Crippen LogP contribution in [0.15, 0.2) is 5.38 Å². The van der Waals surface area contributed by atoms with E-state index in [9.17, 15) is 13.2 Å². The summed E-state index contributed by atoms with van der Waals surface area (Å²) in [6.07, 6.45) is 0.416. The van der Waals surface area contributed by atoms with Gasteiger partial charge >= 0.3 is 5.97 Å². The molecule has 0 bridgehead atoms. The minimum Gasteiger partial charge on any atom is -0.481 e. The number of aryl methyl sites for hydroxylation is 1. The monoisotopic (exact) mass is 293 g/mol. The zero-order valence-electron chi connectivity index (χ0n) is 9.84. The molecule has 7 nitrogen and oxygen atoms in total. The highest BCUT2D eigenvalue weighted by Gasteiger charge is 2.08. The van der Waals surface area contributed by atoms with E-state index in [1.165, 1.54) is 18.4 Å². The molecule has 0 atom stereocenters. The van der Waals surface area contributed by atoms with Crippen LogP contribution in [0, 0.1) is 0 Å². The van der Waals surface area contributed by atoms with E-state index in [0.717, 1.165) is 0 Å². The summed E-state index contributed by atoms with van der Waals surface area (Å²) in [6, 6.07) is 0. The Kier molecular flexibility index (Phi) is 5.51. The Morgan fingerprint density at radius 1 is 1.56 bits per heavy atom. The predicted molar refractivity (Wildman–Crippen MR) is 69.4 cm³/mol. The van der Waals surface area contributed by atoms with Gasteiger partial charge in [-0.3, -0.25) is 4.79 Å². The number of carboxylic acids is 1. The maximum atomic E-state index is 11.1. The summed E-state index contributed by atoms with van der Waals surface area (Å²) in [7, 11) is -1.85. The molecule has 102 valence electrons. The van der Waals surface area contributed by atoms with Gasteiger partial charge in [0.1, 0.15) is 0 Å². The molecule has 0 unspecified atom stereocenters. The Balaban J connectivity index is 2.38. The van der Waals surface area contributed by atoms with Crippen molar-refractivity contribution in [2.45, 2.75) is 12.8 Å². The van der Waals surface area contributed by atoms with Gasteiger partial charge in [0.25, 0.3) is 0 Å². The van der Waals surface area contributed by atoms with Crippen LogP contribution in [0.25, 0.3) is 0 Å². The molecule has 1 rings (SSSR count). The normalized spacial score (nSPS) is 11.4. The Morgan fingerprint density at radius 2 is 2.28 bits per heavy atom. The zero-order chi connectivity index (χ0) is 13.6. The van der Waals surface area contributed by atoms with E-state index in [-0.39, 0.29) is 18.7 Å². The number of sulfonamides is 1. The topological polar surface area (TPSA) is 108 Å². The van der Waals surface area contributed by atoms with Gasteiger partial charge in [0.2, 0.25) is 10.0 Å². The molecule has 1 aromatic rings. The summed E-state index contributed by atoms with van der Waals surface area (Å²) in [5, 5.41) is 13.8. The highest BCUT2D eigenvalue weighted by molar-refractivity contribution is 7.89. The lowest BCUT2D eigenvalue weighted by atomic mass is 10.2. The van der Waals surface area contributed by atoms with Crippen LogP contribution in [0.3, 0.4) is 0 Å². The zero-order valence-corrected chi connectivity index (χ0v) is 11.5. The summed E-state index contributed by atoms with van der Waals surface area (Å²) in [4.78, 5) is 14.5. The number of rotatable bonds is 8. The third-order valence-electron chi connectivity index (χ3n) is 2.10. The molecule has 1 aromatic heterocycles. The second kappa shape index (κ2) is 6.66. The van der Waals surface area contributed by atoms with E-state index in [1.54, 1.807) is 5.38 Å². The highest BCUT2D eigenvalue weighted by Crippen LogP contribution is 2.16. The number of carbonyl (C=O) groups is 1. The second-order valence-electron chi connectivity index (χ2n) is 3.49. The van der Waals surface area contributed by atoms with Crippen LogP contribution in [-0.2, 0) is 21.2 Å². The van der Waals surface area contributed by atoms with E-state index >= 15 is 0 Å². The minimum atomic E-state index is -3.22. The van der Waals surface area contributed by atoms with Gasteiger partial charge in [-0.1, -0.05) is 0 Å². The molecule has 0 aromatic carbocycles. The Hall–Kier alpha value is -1.19. The largest absolute Gasteiger partial charge is 0.481 e. The van der Waals surface area contributed by atoms with Gasteiger partial charge in [-0.05, 0) is 7.05 Å². The van der Waals surface area contributed by atoms with Crippen LogP contribution >= 0.6 is 11.3 Å². The number of anilines is 1. The summed E-state index contributed by atoms with van der Waals surface area (Å²) in [6.45, 7) is 0.259. The molecule has 3 N–H and O–H groups in total. The number of hydrogen-bond acceptors (Lipinski definition) is 6. The molecule has 18 heavy (non-hydrogen) atoms. The molecule has 0 saturated carbocycles. The maximum absolute atomic E-state index is 11.1. The third kappa shape index (κ3) is 5.43. The number of thiazole rings is 1. The van der Waals surface area contributed by atoms with Crippen molar-refractivity contribution in [3.8, 4) is 0 Å². The van der Waals surface area contributed by atoms with Crippen LogP contribution in [-0.4, -0.2) is 43.8 Å². The molecule has 0 aliphatic heterocycles.